The Morgan fingerprint density at radius 2 is 2.15 bits per heavy atom. The predicted octanol–water partition coefficient (Wildman–Crippen LogP) is -0.264. The third kappa shape index (κ3) is 0.485. The van der Waals surface area contributed by atoms with E-state index in [0.29, 0.717) is 29.7 Å². The molecule has 0 aromatic heterocycles. The van der Waals surface area contributed by atoms with Gasteiger partial charge in [-0.2, -0.15) is 0 Å². The number of nitrogens with zero attached hydrogens (tertiary/aromatic N) is 1. The molecule has 3 heteroatoms. The van der Waals surface area contributed by atoms with Gasteiger partial charge in [-0.05, 0) is 6.42 Å². The molecule has 3 nitrogen and oxygen atoms in total. The van der Waals surface area contributed by atoms with Crippen molar-refractivity contribution in [3.05, 3.63) is 0 Å². The van der Waals surface area contributed by atoms with E-state index >= 15 is 0 Å². The van der Waals surface area contributed by atoms with Crippen LogP contribution in [0.2, 0.25) is 0 Å². The molecule has 72 valence electrons. The van der Waals surface area contributed by atoms with Crippen molar-refractivity contribution in [1.82, 2.24) is 0 Å². The van der Waals surface area contributed by atoms with E-state index in [9.17, 15) is 5.11 Å². The second-order valence-corrected chi connectivity index (χ2v) is 5.70. The second kappa shape index (κ2) is 1.58. The number of quaternary nitrogens is 1. The van der Waals surface area contributed by atoms with Crippen LogP contribution < -0.4 is 0 Å². The van der Waals surface area contributed by atoms with Gasteiger partial charge in [0.25, 0.3) is 0 Å². The van der Waals surface area contributed by atoms with Crippen LogP contribution >= 0.6 is 0 Å². The van der Waals surface area contributed by atoms with Crippen LogP contribution in [0.4, 0.5) is 0 Å². The third-order valence-corrected chi connectivity index (χ3v) is 5.24. The minimum Gasteiger partial charge on any atom is -0.393 e. The lowest BCUT2D eigenvalue weighted by Gasteiger charge is -2.34. The van der Waals surface area contributed by atoms with Crippen LogP contribution in [0.15, 0.2) is 0 Å². The fraction of sp³-hybridized carbons (Fsp3) is 1.00. The smallest absolute Gasteiger partial charge is 0.186 e. The number of ether oxygens (including phenoxy) is 1. The van der Waals surface area contributed by atoms with Crippen molar-refractivity contribution in [1.29, 1.82) is 0 Å². The molecule has 1 spiro atoms. The summed E-state index contributed by atoms with van der Waals surface area (Å²) in [5, 5.41) is 9.73. The van der Waals surface area contributed by atoms with Gasteiger partial charge in [0, 0.05) is 6.42 Å². The van der Waals surface area contributed by atoms with E-state index in [4.69, 9.17) is 4.74 Å². The molecule has 0 aromatic carbocycles. The zero-order valence-corrected chi connectivity index (χ0v) is 8.10. The van der Waals surface area contributed by atoms with Crippen molar-refractivity contribution in [2.75, 3.05) is 14.1 Å². The number of likely N-dealkylation sites (tertiary alicyclic amines) is 1. The zero-order chi connectivity index (χ0) is 9.01. The Labute approximate surface area is 77.9 Å². The topological polar surface area (TPSA) is 32.8 Å². The third-order valence-electron chi connectivity index (χ3n) is 5.24. The number of hydrogen-bond donors (Lipinski definition) is 1. The summed E-state index contributed by atoms with van der Waals surface area (Å²) < 4.78 is 6.78. The fourth-order valence-corrected chi connectivity index (χ4v) is 4.60. The summed E-state index contributed by atoms with van der Waals surface area (Å²) in [6, 6.07) is 0.685. The van der Waals surface area contributed by atoms with Crippen molar-refractivity contribution in [3.63, 3.8) is 0 Å². The van der Waals surface area contributed by atoms with Gasteiger partial charge in [0.2, 0.25) is 0 Å². The number of hydrogen-bond acceptors (Lipinski definition) is 2. The van der Waals surface area contributed by atoms with Crippen LogP contribution in [0.5, 0.6) is 0 Å². The standard InChI is InChI=1S/C10H16NO2/c1-11(2)7-4-5(12)3-6-8-9(13-8)10(6,7)11/h5-9,12H,3-4H2,1-2H3/q+1. The summed E-state index contributed by atoms with van der Waals surface area (Å²) in [6.45, 7) is 0. The van der Waals surface area contributed by atoms with Crippen LogP contribution in [0.3, 0.4) is 0 Å². The molecular weight excluding hydrogens is 166 g/mol. The molecule has 1 N–H and O–H groups in total. The van der Waals surface area contributed by atoms with Gasteiger partial charge in [-0.25, -0.2) is 0 Å². The maximum Gasteiger partial charge on any atom is 0.186 e. The molecule has 2 aliphatic heterocycles. The SMILES string of the molecule is C[N+]1(C)C2CC(O)CC3C4OC4C321. The highest BCUT2D eigenvalue weighted by molar-refractivity contribution is 5.33. The second-order valence-electron chi connectivity index (χ2n) is 5.70. The lowest BCUT2D eigenvalue weighted by Crippen LogP contribution is -2.55. The Bertz CT molecular complexity index is 293. The molecule has 2 heterocycles. The van der Waals surface area contributed by atoms with Crippen LogP contribution in [0.1, 0.15) is 12.8 Å². The summed E-state index contributed by atoms with van der Waals surface area (Å²) in [5.41, 5.74) is 0.448. The number of rotatable bonds is 0. The first-order valence-electron chi connectivity index (χ1n) is 5.27. The Morgan fingerprint density at radius 1 is 1.38 bits per heavy atom. The Kier molecular flexibility index (Phi) is 0.873. The Morgan fingerprint density at radius 3 is 2.92 bits per heavy atom. The van der Waals surface area contributed by atoms with Crippen molar-refractivity contribution in [2.45, 2.75) is 42.7 Å². The highest BCUT2D eigenvalue weighted by Crippen LogP contribution is 2.75. The van der Waals surface area contributed by atoms with Gasteiger partial charge in [0.05, 0.1) is 26.1 Å². The molecule has 6 atom stereocenters. The van der Waals surface area contributed by atoms with E-state index < -0.39 is 0 Å². The summed E-state index contributed by atoms with van der Waals surface area (Å²) in [5.74, 6) is 0.668. The van der Waals surface area contributed by atoms with Gasteiger partial charge >= 0.3 is 0 Å². The number of epoxide rings is 1. The molecule has 4 aliphatic rings. The summed E-state index contributed by atoms with van der Waals surface area (Å²) in [4.78, 5) is 0. The number of likely N-dealkylation sites (N-methyl/N-ethyl adjacent to an activating group) is 1. The molecular formula is C10H16NO2+. The minimum absolute atomic E-state index is 0.0619. The first-order chi connectivity index (χ1) is 6.10. The van der Waals surface area contributed by atoms with Gasteiger partial charge < -0.3 is 14.3 Å². The molecule has 0 amide bonds. The first-order valence-corrected chi connectivity index (χ1v) is 5.27. The van der Waals surface area contributed by atoms with Crippen molar-refractivity contribution in [2.24, 2.45) is 5.92 Å². The van der Waals surface area contributed by atoms with E-state index in [2.05, 4.69) is 14.1 Å². The van der Waals surface area contributed by atoms with E-state index in [1.165, 1.54) is 0 Å². The number of fused-ring (bicyclic) bond motifs is 2. The van der Waals surface area contributed by atoms with E-state index in [0.717, 1.165) is 17.3 Å². The monoisotopic (exact) mass is 182 g/mol. The van der Waals surface area contributed by atoms with Crippen LogP contribution in [-0.4, -0.2) is 53.6 Å². The van der Waals surface area contributed by atoms with Crippen LogP contribution in [-0.2, 0) is 4.74 Å². The predicted molar refractivity (Wildman–Crippen MR) is 46.0 cm³/mol. The quantitative estimate of drug-likeness (QED) is 0.413. The van der Waals surface area contributed by atoms with Crippen molar-refractivity contribution < 1.29 is 14.3 Å². The maximum absolute atomic E-state index is 9.73. The minimum atomic E-state index is -0.0619. The first kappa shape index (κ1) is 7.21. The molecule has 0 bridgehead atoms. The Balaban J connectivity index is 1.79. The summed E-state index contributed by atoms with van der Waals surface area (Å²) in [7, 11) is 4.60. The van der Waals surface area contributed by atoms with Gasteiger partial charge in [-0.15, -0.1) is 0 Å². The highest BCUT2D eigenvalue weighted by atomic mass is 16.6. The molecule has 0 radical (unpaired) electrons. The van der Waals surface area contributed by atoms with Crippen LogP contribution in [0, 0.1) is 5.92 Å². The van der Waals surface area contributed by atoms with Gasteiger partial charge in [0.15, 0.2) is 11.6 Å². The van der Waals surface area contributed by atoms with E-state index in [1.54, 1.807) is 0 Å². The van der Waals surface area contributed by atoms with Gasteiger partial charge in [0.1, 0.15) is 12.2 Å². The van der Waals surface area contributed by atoms with Gasteiger partial charge in [-0.3, -0.25) is 0 Å². The molecule has 4 fully saturated rings. The lowest BCUT2D eigenvalue weighted by atomic mass is 9.64. The molecule has 6 unspecified atom stereocenters. The van der Waals surface area contributed by atoms with Gasteiger partial charge in [-0.1, -0.05) is 0 Å². The zero-order valence-electron chi connectivity index (χ0n) is 8.10. The molecule has 2 saturated carbocycles. The molecule has 4 rings (SSSR count). The molecule has 2 aliphatic carbocycles. The van der Waals surface area contributed by atoms with Crippen LogP contribution in [0.25, 0.3) is 0 Å². The van der Waals surface area contributed by atoms with E-state index in [-0.39, 0.29) is 6.10 Å². The summed E-state index contributed by atoms with van der Waals surface area (Å²) in [6.07, 6.45) is 3.01. The Hall–Kier alpha value is -0.120. The van der Waals surface area contributed by atoms with E-state index in [1.807, 2.05) is 0 Å². The molecule has 2 saturated heterocycles. The molecule has 13 heavy (non-hydrogen) atoms. The number of aliphatic hydroxyl groups excluding tert-OH is 1. The maximum atomic E-state index is 9.73. The van der Waals surface area contributed by atoms with Crippen molar-refractivity contribution >= 4 is 0 Å². The number of aliphatic hydroxyl groups is 1. The highest BCUT2D eigenvalue weighted by Gasteiger charge is 2.96. The van der Waals surface area contributed by atoms with Crippen molar-refractivity contribution in [3.8, 4) is 0 Å². The lowest BCUT2D eigenvalue weighted by molar-refractivity contribution is -0.805. The fourth-order valence-electron chi connectivity index (χ4n) is 4.60. The molecule has 0 aromatic rings. The summed E-state index contributed by atoms with van der Waals surface area (Å²) >= 11 is 0. The normalized spacial score (nSPS) is 69.9. The average molecular weight is 182 g/mol. The average Bonchev–Trinajstić information content (AvgIpc) is 2.85. The largest absolute Gasteiger partial charge is 0.393 e.